The maximum absolute atomic E-state index is 13.6. The number of hydrogen-bond donors (Lipinski definition) is 3. The summed E-state index contributed by atoms with van der Waals surface area (Å²) >= 11 is 0. The number of halogens is 1. The number of fused-ring (bicyclic) bond motifs is 1. The Morgan fingerprint density at radius 3 is 2.71 bits per heavy atom. The van der Waals surface area contributed by atoms with Gasteiger partial charge in [0, 0.05) is 36.5 Å². The number of aliphatic hydroxyl groups excluding tert-OH is 1. The number of rotatable bonds is 6. The first-order valence-corrected chi connectivity index (χ1v) is 12.6. The highest BCUT2D eigenvalue weighted by Gasteiger charge is 2.53. The minimum Gasteiger partial charge on any atom is -0.392 e. The van der Waals surface area contributed by atoms with E-state index in [1.807, 2.05) is 19.1 Å². The fraction of sp³-hybridized carbons (Fsp3) is 0.536. The Morgan fingerprint density at radius 2 is 2.00 bits per heavy atom. The summed E-state index contributed by atoms with van der Waals surface area (Å²) in [6, 6.07) is 9.33. The van der Waals surface area contributed by atoms with Crippen molar-refractivity contribution in [2.45, 2.75) is 65.1 Å². The zero-order valence-corrected chi connectivity index (χ0v) is 20.7. The molecule has 2 fully saturated rings. The fourth-order valence-corrected chi connectivity index (χ4v) is 6.43. The van der Waals surface area contributed by atoms with Crippen LogP contribution in [0.2, 0.25) is 0 Å². The normalized spacial score (nSPS) is 31.2. The van der Waals surface area contributed by atoms with Crippen molar-refractivity contribution < 1.29 is 19.1 Å². The van der Waals surface area contributed by atoms with Gasteiger partial charge in [-0.15, -0.1) is 0 Å². The van der Waals surface area contributed by atoms with Crippen LogP contribution in [0.3, 0.4) is 0 Å². The van der Waals surface area contributed by atoms with Gasteiger partial charge in [-0.3, -0.25) is 14.6 Å². The van der Waals surface area contributed by atoms with Gasteiger partial charge in [0.05, 0.1) is 6.10 Å². The van der Waals surface area contributed by atoms with Crippen molar-refractivity contribution in [2.24, 2.45) is 29.1 Å². The molecule has 0 radical (unpaired) electrons. The standard InChI is InChI=1S/C28H36FN3O3/c1-17(26(34)31-16-19-6-5-13-30-15-19)22-9-11-28(3)12-10-23(18(2)24(28)25(22)33)32-27(35)20-7-4-8-21(29)14-20/h4-8,13-15,17-18,22-25,33H,9-12,16H2,1-3H3,(H,31,34)(H,32,35)/t17-,18+,22+,23-,24+,25-,28-/m0/s1. The lowest BCUT2D eigenvalue weighted by Gasteiger charge is -2.56. The number of pyridine rings is 1. The van der Waals surface area contributed by atoms with E-state index in [2.05, 4.69) is 29.5 Å². The number of benzene rings is 1. The molecule has 2 saturated carbocycles. The Kier molecular flexibility index (Phi) is 7.55. The molecule has 2 aromatic rings. The highest BCUT2D eigenvalue weighted by molar-refractivity contribution is 5.94. The zero-order chi connectivity index (χ0) is 25.2. The van der Waals surface area contributed by atoms with Crippen molar-refractivity contribution in [1.29, 1.82) is 0 Å². The lowest BCUT2D eigenvalue weighted by atomic mass is 9.51. The molecule has 2 aliphatic carbocycles. The second-order valence-electron chi connectivity index (χ2n) is 10.7. The number of hydrogen-bond acceptors (Lipinski definition) is 4. The summed E-state index contributed by atoms with van der Waals surface area (Å²) in [5.74, 6) is -1.31. The molecule has 0 aliphatic heterocycles. The number of carbonyl (C=O) groups excluding carboxylic acids is 2. The maximum atomic E-state index is 13.6. The van der Waals surface area contributed by atoms with Crippen molar-refractivity contribution >= 4 is 11.8 Å². The molecule has 1 heterocycles. The van der Waals surface area contributed by atoms with Gasteiger partial charge in [0.2, 0.25) is 5.91 Å². The number of carbonyl (C=O) groups is 2. The van der Waals surface area contributed by atoms with Crippen LogP contribution in [-0.2, 0) is 11.3 Å². The van der Waals surface area contributed by atoms with Gasteiger partial charge < -0.3 is 15.7 Å². The number of nitrogens with one attached hydrogen (secondary N) is 2. The summed E-state index contributed by atoms with van der Waals surface area (Å²) < 4.78 is 13.6. The Hall–Kier alpha value is -2.80. The molecular weight excluding hydrogens is 445 g/mol. The molecule has 2 aliphatic rings. The second-order valence-corrected chi connectivity index (χ2v) is 10.7. The van der Waals surface area contributed by atoms with E-state index in [0.29, 0.717) is 12.1 Å². The Morgan fingerprint density at radius 1 is 1.23 bits per heavy atom. The minimum atomic E-state index is -0.642. The predicted molar refractivity (Wildman–Crippen MR) is 132 cm³/mol. The largest absolute Gasteiger partial charge is 0.392 e. The minimum absolute atomic E-state index is 0.0229. The van der Waals surface area contributed by atoms with Gasteiger partial charge in [-0.1, -0.05) is 32.9 Å². The highest BCUT2D eigenvalue weighted by atomic mass is 19.1. The topological polar surface area (TPSA) is 91.3 Å². The van der Waals surface area contributed by atoms with Crippen LogP contribution in [-0.4, -0.2) is 34.1 Å². The molecule has 0 spiro atoms. The highest BCUT2D eigenvalue weighted by Crippen LogP contribution is 2.55. The van der Waals surface area contributed by atoms with Crippen LogP contribution in [0.1, 0.15) is 62.4 Å². The lowest BCUT2D eigenvalue weighted by Crippen LogP contribution is -2.58. The molecular formula is C28H36FN3O3. The van der Waals surface area contributed by atoms with E-state index in [4.69, 9.17) is 0 Å². The smallest absolute Gasteiger partial charge is 0.251 e. The summed E-state index contributed by atoms with van der Waals surface area (Å²) in [6.07, 6.45) is 6.22. The Bertz CT molecular complexity index is 1050. The molecule has 3 N–H and O–H groups in total. The van der Waals surface area contributed by atoms with Gasteiger partial charge in [-0.05, 0) is 78.7 Å². The number of nitrogens with zero attached hydrogens (tertiary/aromatic N) is 1. The quantitative estimate of drug-likeness (QED) is 0.580. The SMILES string of the molecule is C[C@H]1[C@@H]2[C@@H](O)[C@@H]([C@H](C)C(=O)NCc3cccnc3)CC[C@@]2(C)CC[C@@H]1NC(=O)c1cccc(F)c1. The molecule has 1 aromatic heterocycles. The molecule has 188 valence electrons. The van der Waals surface area contributed by atoms with E-state index in [1.165, 1.54) is 18.2 Å². The average Bonchev–Trinajstić information content (AvgIpc) is 2.84. The Labute approximate surface area is 206 Å². The maximum Gasteiger partial charge on any atom is 0.251 e. The summed E-state index contributed by atoms with van der Waals surface area (Å²) in [6.45, 7) is 6.61. The van der Waals surface area contributed by atoms with Crippen LogP contribution in [0.4, 0.5) is 4.39 Å². The van der Waals surface area contributed by atoms with Gasteiger partial charge in [0.1, 0.15) is 5.82 Å². The third-order valence-corrected chi connectivity index (χ3v) is 8.54. The van der Waals surface area contributed by atoms with Crippen molar-refractivity contribution in [3.8, 4) is 0 Å². The third-order valence-electron chi connectivity index (χ3n) is 8.54. The monoisotopic (exact) mass is 481 g/mol. The molecule has 35 heavy (non-hydrogen) atoms. The summed E-state index contributed by atoms with van der Waals surface area (Å²) in [5, 5.41) is 17.6. The first-order valence-electron chi connectivity index (χ1n) is 12.6. The molecule has 7 heteroatoms. The van der Waals surface area contributed by atoms with E-state index >= 15 is 0 Å². The summed E-state index contributed by atoms with van der Waals surface area (Å²) in [7, 11) is 0. The molecule has 0 bridgehead atoms. The Balaban J connectivity index is 1.43. The third kappa shape index (κ3) is 5.40. The lowest BCUT2D eigenvalue weighted by molar-refractivity contribution is -0.142. The van der Waals surface area contributed by atoms with Crippen LogP contribution in [0.5, 0.6) is 0 Å². The number of aromatic nitrogens is 1. The van der Waals surface area contributed by atoms with Crippen molar-refractivity contribution in [3.05, 3.63) is 65.7 Å². The van der Waals surface area contributed by atoms with Crippen molar-refractivity contribution in [1.82, 2.24) is 15.6 Å². The van der Waals surface area contributed by atoms with Crippen molar-refractivity contribution in [2.75, 3.05) is 0 Å². The average molecular weight is 482 g/mol. The number of amides is 2. The second kappa shape index (κ2) is 10.4. The van der Waals surface area contributed by atoms with Gasteiger partial charge in [-0.2, -0.15) is 0 Å². The summed E-state index contributed by atoms with van der Waals surface area (Å²) in [5.41, 5.74) is 1.19. The van der Waals surface area contributed by atoms with E-state index in [-0.39, 0.29) is 46.9 Å². The van der Waals surface area contributed by atoms with Gasteiger partial charge in [0.25, 0.3) is 5.91 Å². The first-order chi connectivity index (χ1) is 16.7. The fourth-order valence-electron chi connectivity index (χ4n) is 6.43. The first kappa shape index (κ1) is 25.3. The molecule has 6 nitrogen and oxygen atoms in total. The predicted octanol–water partition coefficient (Wildman–Crippen LogP) is 4.09. The van der Waals surface area contributed by atoms with E-state index in [1.54, 1.807) is 18.5 Å². The van der Waals surface area contributed by atoms with Crippen LogP contribution >= 0.6 is 0 Å². The van der Waals surface area contributed by atoms with Crippen LogP contribution in [0, 0.1) is 34.9 Å². The zero-order valence-electron chi connectivity index (χ0n) is 20.7. The van der Waals surface area contributed by atoms with E-state index in [9.17, 15) is 19.1 Å². The van der Waals surface area contributed by atoms with Gasteiger partial charge >= 0.3 is 0 Å². The van der Waals surface area contributed by atoms with E-state index < -0.39 is 11.9 Å². The molecule has 0 unspecified atom stereocenters. The summed E-state index contributed by atoms with van der Waals surface area (Å²) in [4.78, 5) is 29.8. The molecule has 7 atom stereocenters. The molecule has 2 amide bonds. The van der Waals surface area contributed by atoms with Crippen LogP contribution < -0.4 is 10.6 Å². The van der Waals surface area contributed by atoms with Crippen LogP contribution in [0.15, 0.2) is 48.8 Å². The van der Waals surface area contributed by atoms with Gasteiger partial charge in [-0.25, -0.2) is 4.39 Å². The molecule has 1 aromatic carbocycles. The van der Waals surface area contributed by atoms with Gasteiger partial charge in [0.15, 0.2) is 0 Å². The number of aliphatic hydroxyl groups is 1. The molecule has 4 rings (SSSR count). The van der Waals surface area contributed by atoms with E-state index in [0.717, 1.165) is 31.2 Å². The van der Waals surface area contributed by atoms with Crippen LogP contribution in [0.25, 0.3) is 0 Å². The van der Waals surface area contributed by atoms with Crippen molar-refractivity contribution in [3.63, 3.8) is 0 Å². The molecule has 0 saturated heterocycles.